The second-order valence-corrected chi connectivity index (χ2v) is 6.62. The van der Waals surface area contributed by atoms with E-state index in [1.807, 2.05) is 6.07 Å². The van der Waals surface area contributed by atoms with Gasteiger partial charge in [-0.2, -0.15) is 0 Å². The lowest BCUT2D eigenvalue weighted by Crippen LogP contribution is -2.42. The molecule has 2 rings (SSSR count). The molecule has 0 bridgehead atoms. The molecule has 116 valence electrons. The van der Waals surface area contributed by atoms with Crippen molar-refractivity contribution in [2.75, 3.05) is 13.1 Å². The normalized spacial score (nSPS) is 22.0. The Morgan fingerprint density at radius 2 is 2.33 bits per heavy atom. The average Bonchev–Trinajstić information content (AvgIpc) is 2.45. The monoisotopic (exact) mass is 356 g/mol. The van der Waals surface area contributed by atoms with E-state index < -0.39 is 0 Å². The summed E-state index contributed by atoms with van der Waals surface area (Å²) in [6, 6.07) is 5.51. The predicted molar refractivity (Wildman–Crippen MR) is 85.6 cm³/mol. The van der Waals surface area contributed by atoms with Gasteiger partial charge in [-0.25, -0.2) is 4.39 Å². The molecule has 0 radical (unpaired) electrons. The summed E-state index contributed by atoms with van der Waals surface area (Å²) in [5.74, 6) is 0.0631. The first-order valence-corrected chi connectivity index (χ1v) is 8.30. The molecule has 1 fully saturated rings. The number of aryl methyl sites for hydroxylation is 1. The number of rotatable bonds is 5. The van der Waals surface area contributed by atoms with Crippen LogP contribution in [-0.4, -0.2) is 25.0 Å². The smallest absolute Gasteiger partial charge is 0.223 e. The Bertz CT molecular complexity index is 495. The third kappa shape index (κ3) is 5.08. The molecule has 1 aromatic carbocycles. The van der Waals surface area contributed by atoms with Crippen molar-refractivity contribution < 1.29 is 9.18 Å². The summed E-state index contributed by atoms with van der Waals surface area (Å²) >= 11 is 3.24. The molecule has 5 heteroatoms. The van der Waals surface area contributed by atoms with Gasteiger partial charge in [-0.05, 0) is 56.8 Å². The van der Waals surface area contributed by atoms with E-state index in [1.54, 1.807) is 6.07 Å². The predicted octanol–water partition coefficient (Wildman–Crippen LogP) is 3.03. The minimum absolute atomic E-state index is 0.116. The molecule has 1 saturated heterocycles. The molecule has 0 aromatic heterocycles. The number of nitrogens with one attached hydrogen (secondary N) is 2. The van der Waals surface area contributed by atoms with E-state index in [-0.39, 0.29) is 17.6 Å². The highest BCUT2D eigenvalue weighted by Gasteiger charge is 2.24. The van der Waals surface area contributed by atoms with Gasteiger partial charge in [-0.15, -0.1) is 0 Å². The van der Waals surface area contributed by atoms with Crippen LogP contribution in [0.4, 0.5) is 4.39 Å². The number of halogens is 2. The van der Waals surface area contributed by atoms with E-state index in [9.17, 15) is 9.18 Å². The minimum atomic E-state index is -0.192. The van der Waals surface area contributed by atoms with E-state index in [0.717, 1.165) is 30.3 Å². The van der Waals surface area contributed by atoms with Crippen LogP contribution in [0.25, 0.3) is 0 Å². The molecule has 1 aromatic rings. The molecule has 1 heterocycles. The van der Waals surface area contributed by atoms with Crippen LogP contribution in [0, 0.1) is 11.7 Å². The zero-order chi connectivity index (χ0) is 15.2. The van der Waals surface area contributed by atoms with Crippen molar-refractivity contribution in [3.05, 3.63) is 34.1 Å². The lowest BCUT2D eigenvalue weighted by molar-refractivity contribution is -0.126. The van der Waals surface area contributed by atoms with Gasteiger partial charge >= 0.3 is 0 Å². The summed E-state index contributed by atoms with van der Waals surface area (Å²) in [6.45, 7) is 3.62. The Morgan fingerprint density at radius 1 is 1.52 bits per heavy atom. The summed E-state index contributed by atoms with van der Waals surface area (Å²) < 4.78 is 14.4. The molecule has 2 atom stereocenters. The zero-order valence-electron chi connectivity index (χ0n) is 12.3. The van der Waals surface area contributed by atoms with Gasteiger partial charge in [0, 0.05) is 23.0 Å². The Hall–Kier alpha value is -0.940. The fourth-order valence-electron chi connectivity index (χ4n) is 2.73. The topological polar surface area (TPSA) is 41.1 Å². The molecule has 3 nitrogen and oxygen atoms in total. The van der Waals surface area contributed by atoms with Crippen LogP contribution in [0.5, 0.6) is 0 Å². The molecule has 0 aliphatic carbocycles. The van der Waals surface area contributed by atoms with E-state index in [1.165, 1.54) is 6.07 Å². The largest absolute Gasteiger partial charge is 0.356 e. The molecule has 21 heavy (non-hydrogen) atoms. The van der Waals surface area contributed by atoms with E-state index >= 15 is 0 Å². The molecule has 1 amide bonds. The molecular formula is C16H22BrFN2O. The quantitative estimate of drug-likeness (QED) is 0.796. The number of benzene rings is 1. The maximum Gasteiger partial charge on any atom is 0.223 e. The van der Waals surface area contributed by atoms with Crippen LogP contribution in [0.2, 0.25) is 0 Å². The van der Waals surface area contributed by atoms with Crippen LogP contribution in [0.1, 0.15) is 31.7 Å². The van der Waals surface area contributed by atoms with Crippen molar-refractivity contribution in [2.24, 2.45) is 5.92 Å². The van der Waals surface area contributed by atoms with Crippen LogP contribution in [-0.2, 0) is 11.2 Å². The third-order valence-corrected chi connectivity index (χ3v) is 4.42. The van der Waals surface area contributed by atoms with E-state index in [2.05, 4.69) is 33.5 Å². The lowest BCUT2D eigenvalue weighted by Gasteiger charge is -2.27. The van der Waals surface area contributed by atoms with Gasteiger partial charge in [-0.3, -0.25) is 4.79 Å². The van der Waals surface area contributed by atoms with Crippen molar-refractivity contribution in [1.29, 1.82) is 0 Å². The number of carbonyl (C=O) groups excluding carboxylic acids is 1. The van der Waals surface area contributed by atoms with Gasteiger partial charge in [0.1, 0.15) is 5.82 Å². The molecule has 1 aliphatic heterocycles. The first-order chi connectivity index (χ1) is 10.1. The standard InChI is InChI=1S/C16H22BrFN2O/c1-11-9-13(6-8-19-11)16(21)20-7-2-3-12-4-5-14(17)10-15(12)18/h4-5,10-11,13,19H,2-3,6-9H2,1H3,(H,20,21)/t11-,13-/m0/s1. The maximum atomic E-state index is 13.6. The van der Waals surface area contributed by atoms with Crippen LogP contribution in [0.15, 0.2) is 22.7 Å². The molecular weight excluding hydrogens is 335 g/mol. The van der Waals surface area contributed by atoms with Gasteiger partial charge in [0.15, 0.2) is 0 Å². The number of amides is 1. The van der Waals surface area contributed by atoms with Gasteiger partial charge in [0.05, 0.1) is 0 Å². The summed E-state index contributed by atoms with van der Waals surface area (Å²) in [5, 5.41) is 6.32. The van der Waals surface area contributed by atoms with Gasteiger partial charge in [0.2, 0.25) is 5.91 Å². The van der Waals surface area contributed by atoms with Crippen molar-refractivity contribution in [1.82, 2.24) is 10.6 Å². The van der Waals surface area contributed by atoms with Crippen molar-refractivity contribution in [3.8, 4) is 0 Å². The third-order valence-electron chi connectivity index (χ3n) is 3.93. The fourth-order valence-corrected chi connectivity index (χ4v) is 3.06. The van der Waals surface area contributed by atoms with Gasteiger partial charge in [-0.1, -0.05) is 22.0 Å². The highest BCUT2D eigenvalue weighted by atomic mass is 79.9. The zero-order valence-corrected chi connectivity index (χ0v) is 13.9. The first-order valence-electron chi connectivity index (χ1n) is 7.51. The van der Waals surface area contributed by atoms with Crippen molar-refractivity contribution in [3.63, 3.8) is 0 Å². The molecule has 2 N–H and O–H groups in total. The average molecular weight is 357 g/mol. The van der Waals surface area contributed by atoms with Gasteiger partial charge in [0.25, 0.3) is 0 Å². The number of hydrogen-bond acceptors (Lipinski definition) is 2. The van der Waals surface area contributed by atoms with Crippen LogP contribution >= 0.6 is 15.9 Å². The Morgan fingerprint density at radius 3 is 3.05 bits per heavy atom. The van der Waals surface area contributed by atoms with E-state index in [0.29, 0.717) is 24.6 Å². The Balaban J connectivity index is 1.70. The Kier molecular flexibility index (Phi) is 6.18. The summed E-state index contributed by atoms with van der Waals surface area (Å²) in [7, 11) is 0. The summed E-state index contributed by atoms with van der Waals surface area (Å²) in [6.07, 6.45) is 3.19. The molecule has 0 unspecified atom stereocenters. The SMILES string of the molecule is C[C@H]1C[C@@H](C(=O)NCCCc2ccc(Br)cc2F)CCN1. The second kappa shape index (κ2) is 7.90. The van der Waals surface area contributed by atoms with Crippen LogP contribution < -0.4 is 10.6 Å². The molecule has 1 aliphatic rings. The van der Waals surface area contributed by atoms with Crippen LogP contribution in [0.3, 0.4) is 0 Å². The Labute approximate surface area is 133 Å². The number of hydrogen-bond donors (Lipinski definition) is 2. The first kappa shape index (κ1) is 16.4. The molecule has 0 saturated carbocycles. The highest BCUT2D eigenvalue weighted by Crippen LogP contribution is 2.17. The fraction of sp³-hybridized carbons (Fsp3) is 0.562. The van der Waals surface area contributed by atoms with Crippen molar-refractivity contribution >= 4 is 21.8 Å². The maximum absolute atomic E-state index is 13.6. The highest BCUT2D eigenvalue weighted by molar-refractivity contribution is 9.10. The van der Waals surface area contributed by atoms with Crippen molar-refractivity contribution in [2.45, 2.75) is 38.6 Å². The van der Waals surface area contributed by atoms with Gasteiger partial charge < -0.3 is 10.6 Å². The summed E-state index contributed by atoms with van der Waals surface area (Å²) in [4.78, 5) is 12.0. The lowest BCUT2D eigenvalue weighted by atomic mass is 9.92. The van der Waals surface area contributed by atoms with E-state index in [4.69, 9.17) is 0 Å². The summed E-state index contributed by atoms with van der Waals surface area (Å²) in [5.41, 5.74) is 0.697. The number of piperidine rings is 1. The minimum Gasteiger partial charge on any atom is -0.356 e. The molecule has 0 spiro atoms. The second-order valence-electron chi connectivity index (χ2n) is 5.71. The number of carbonyl (C=O) groups is 1.